The van der Waals surface area contributed by atoms with E-state index in [1.807, 2.05) is 18.2 Å². The van der Waals surface area contributed by atoms with Crippen LogP contribution in [0.5, 0.6) is 5.75 Å². The maximum atomic E-state index is 5.45. The number of nitrogens with two attached hydrogens (primary N) is 1. The second-order valence-electron chi connectivity index (χ2n) is 4.22. The lowest BCUT2D eigenvalue weighted by Crippen LogP contribution is -2.24. The van der Waals surface area contributed by atoms with Crippen molar-refractivity contribution in [2.24, 2.45) is 5.84 Å². The second-order valence-corrected chi connectivity index (χ2v) is 4.22. The molecule has 0 spiro atoms. The van der Waals surface area contributed by atoms with Crippen LogP contribution in [0.25, 0.3) is 0 Å². The van der Waals surface area contributed by atoms with Crippen LogP contribution < -0.4 is 20.9 Å². The van der Waals surface area contributed by atoms with Gasteiger partial charge in [-0.15, -0.1) is 0 Å². The third-order valence-electron chi connectivity index (χ3n) is 3.02. The summed E-state index contributed by atoms with van der Waals surface area (Å²) in [7, 11) is 1.58. The second kappa shape index (κ2) is 6.72. The van der Waals surface area contributed by atoms with Crippen molar-refractivity contribution in [3.8, 4) is 5.75 Å². The minimum Gasteiger partial charge on any atom is -0.490 e. The molecule has 1 aromatic heterocycles. The number of hydrazine groups is 1. The number of nitrogens with zero attached hydrogens (tertiary/aromatic N) is 3. The monoisotopic (exact) mass is 273 g/mol. The molecule has 2 aromatic rings. The average Bonchev–Trinajstić information content (AvgIpc) is 2.52. The largest absolute Gasteiger partial charge is 0.490 e. The molecule has 0 unspecified atom stereocenters. The third kappa shape index (κ3) is 2.97. The highest BCUT2D eigenvalue weighted by Gasteiger charge is 2.16. The van der Waals surface area contributed by atoms with Gasteiger partial charge in [0.15, 0.2) is 11.6 Å². The molecule has 2 rings (SSSR count). The molecule has 106 valence electrons. The van der Waals surface area contributed by atoms with Gasteiger partial charge in [-0.3, -0.25) is 0 Å². The van der Waals surface area contributed by atoms with Crippen molar-refractivity contribution in [2.45, 2.75) is 13.5 Å². The summed E-state index contributed by atoms with van der Waals surface area (Å²) in [5.74, 6) is 7.20. The summed E-state index contributed by atoms with van der Waals surface area (Å²) in [6.45, 7) is 3.61. The fourth-order valence-electron chi connectivity index (χ4n) is 2.02. The lowest BCUT2D eigenvalue weighted by atomic mass is 10.2. The summed E-state index contributed by atoms with van der Waals surface area (Å²) in [5.41, 5.74) is 3.73. The van der Waals surface area contributed by atoms with E-state index in [0.29, 0.717) is 11.6 Å². The number of methoxy groups -OCH3 is 1. The van der Waals surface area contributed by atoms with Gasteiger partial charge in [-0.05, 0) is 12.5 Å². The number of benzene rings is 1. The molecule has 1 heterocycles. The van der Waals surface area contributed by atoms with Crippen LogP contribution >= 0.6 is 0 Å². The van der Waals surface area contributed by atoms with Crippen molar-refractivity contribution in [3.05, 3.63) is 42.2 Å². The van der Waals surface area contributed by atoms with Crippen LogP contribution in [0.3, 0.4) is 0 Å². The molecular weight excluding hydrogens is 254 g/mol. The van der Waals surface area contributed by atoms with Crippen LogP contribution in [0.2, 0.25) is 0 Å². The van der Waals surface area contributed by atoms with Gasteiger partial charge in [0.2, 0.25) is 5.75 Å². The summed E-state index contributed by atoms with van der Waals surface area (Å²) in [5, 5.41) is 0. The smallest absolute Gasteiger partial charge is 0.205 e. The molecule has 0 atom stereocenters. The summed E-state index contributed by atoms with van der Waals surface area (Å²) >= 11 is 0. The maximum absolute atomic E-state index is 5.45. The van der Waals surface area contributed by atoms with Gasteiger partial charge in [-0.1, -0.05) is 30.3 Å². The summed E-state index contributed by atoms with van der Waals surface area (Å²) in [6.07, 6.45) is 1.47. The van der Waals surface area contributed by atoms with Crippen LogP contribution in [0.4, 0.5) is 11.6 Å². The fraction of sp³-hybridized carbons (Fsp3) is 0.286. The van der Waals surface area contributed by atoms with Crippen LogP contribution in [0, 0.1) is 0 Å². The lowest BCUT2D eigenvalue weighted by Gasteiger charge is -2.24. The van der Waals surface area contributed by atoms with E-state index in [0.717, 1.165) is 18.9 Å². The molecule has 20 heavy (non-hydrogen) atoms. The van der Waals surface area contributed by atoms with E-state index in [1.165, 1.54) is 11.9 Å². The molecule has 0 bridgehead atoms. The highest BCUT2D eigenvalue weighted by Crippen LogP contribution is 2.31. The van der Waals surface area contributed by atoms with E-state index in [-0.39, 0.29) is 0 Å². The van der Waals surface area contributed by atoms with Gasteiger partial charge in [-0.2, -0.15) is 0 Å². The Bertz CT molecular complexity index is 547. The van der Waals surface area contributed by atoms with Crippen molar-refractivity contribution in [3.63, 3.8) is 0 Å². The van der Waals surface area contributed by atoms with Gasteiger partial charge in [-0.25, -0.2) is 15.8 Å². The lowest BCUT2D eigenvalue weighted by molar-refractivity contribution is 0.412. The zero-order valence-electron chi connectivity index (χ0n) is 11.7. The SMILES string of the molecule is CCN(Cc1ccccc1)c1ncnc(NN)c1OC. The zero-order chi connectivity index (χ0) is 14.4. The summed E-state index contributed by atoms with van der Waals surface area (Å²) in [6, 6.07) is 10.2. The Labute approximate surface area is 118 Å². The Morgan fingerprint density at radius 2 is 2.00 bits per heavy atom. The quantitative estimate of drug-likeness (QED) is 0.617. The van der Waals surface area contributed by atoms with Crippen molar-refractivity contribution in [1.82, 2.24) is 9.97 Å². The van der Waals surface area contributed by atoms with Gasteiger partial charge in [0.1, 0.15) is 6.33 Å². The molecular formula is C14H19N5O. The maximum Gasteiger partial charge on any atom is 0.205 e. The molecule has 6 heteroatoms. The number of ether oxygens (including phenoxy) is 1. The number of anilines is 2. The molecule has 0 aliphatic carbocycles. The number of aromatic nitrogens is 2. The van der Waals surface area contributed by atoms with Gasteiger partial charge in [0.25, 0.3) is 0 Å². The Morgan fingerprint density at radius 1 is 1.25 bits per heavy atom. The van der Waals surface area contributed by atoms with Crippen molar-refractivity contribution in [2.75, 3.05) is 24.0 Å². The predicted octanol–water partition coefficient (Wildman–Crippen LogP) is 1.80. The number of nitrogen functional groups attached to an aromatic ring is 1. The first-order valence-corrected chi connectivity index (χ1v) is 6.44. The van der Waals surface area contributed by atoms with Crippen LogP contribution in [-0.2, 0) is 6.54 Å². The first kappa shape index (κ1) is 14.1. The molecule has 0 saturated carbocycles. The van der Waals surface area contributed by atoms with Gasteiger partial charge >= 0.3 is 0 Å². The van der Waals surface area contributed by atoms with Crippen LogP contribution in [0.1, 0.15) is 12.5 Å². The van der Waals surface area contributed by atoms with Crippen LogP contribution in [0.15, 0.2) is 36.7 Å². The van der Waals surface area contributed by atoms with E-state index in [9.17, 15) is 0 Å². The Hall–Kier alpha value is -2.34. The molecule has 0 saturated heterocycles. The molecule has 0 radical (unpaired) electrons. The van der Waals surface area contributed by atoms with Gasteiger partial charge in [0.05, 0.1) is 7.11 Å². The molecule has 0 aliphatic heterocycles. The fourth-order valence-corrected chi connectivity index (χ4v) is 2.02. The van der Waals surface area contributed by atoms with E-state index >= 15 is 0 Å². The minimum atomic E-state index is 0.476. The number of rotatable bonds is 6. The average molecular weight is 273 g/mol. The summed E-state index contributed by atoms with van der Waals surface area (Å²) < 4.78 is 5.38. The van der Waals surface area contributed by atoms with Gasteiger partial charge < -0.3 is 15.1 Å². The van der Waals surface area contributed by atoms with E-state index in [4.69, 9.17) is 10.6 Å². The highest BCUT2D eigenvalue weighted by molar-refractivity contribution is 5.64. The van der Waals surface area contributed by atoms with Crippen LogP contribution in [-0.4, -0.2) is 23.6 Å². The zero-order valence-corrected chi connectivity index (χ0v) is 11.7. The molecule has 1 aromatic carbocycles. The normalized spacial score (nSPS) is 10.2. The van der Waals surface area contributed by atoms with E-state index in [1.54, 1.807) is 7.11 Å². The first-order valence-electron chi connectivity index (χ1n) is 6.44. The number of nitrogens with one attached hydrogen (secondary N) is 1. The van der Waals surface area contributed by atoms with Crippen molar-refractivity contribution in [1.29, 1.82) is 0 Å². The Morgan fingerprint density at radius 3 is 2.60 bits per heavy atom. The van der Waals surface area contributed by atoms with Crippen molar-refractivity contribution < 1.29 is 4.74 Å². The highest BCUT2D eigenvalue weighted by atomic mass is 16.5. The van der Waals surface area contributed by atoms with E-state index < -0.39 is 0 Å². The minimum absolute atomic E-state index is 0.476. The molecule has 3 N–H and O–H groups in total. The number of hydrogen-bond acceptors (Lipinski definition) is 6. The van der Waals surface area contributed by atoms with Crippen molar-refractivity contribution >= 4 is 11.6 Å². The standard InChI is InChI=1S/C14H19N5O/c1-3-19(9-11-7-5-4-6-8-11)14-12(20-2)13(18-15)16-10-17-14/h4-8,10H,3,9,15H2,1-2H3,(H,16,17,18). The molecule has 0 fully saturated rings. The molecule has 0 aliphatic rings. The number of hydrogen-bond donors (Lipinski definition) is 2. The molecule has 6 nitrogen and oxygen atoms in total. The topological polar surface area (TPSA) is 76.3 Å². The summed E-state index contributed by atoms with van der Waals surface area (Å²) in [4.78, 5) is 10.5. The Balaban J connectivity index is 2.32. The predicted molar refractivity (Wildman–Crippen MR) is 79.6 cm³/mol. The molecule has 0 amide bonds. The third-order valence-corrected chi connectivity index (χ3v) is 3.02. The van der Waals surface area contributed by atoms with E-state index in [2.05, 4.69) is 39.4 Å². The first-order chi connectivity index (χ1) is 9.80. The van der Waals surface area contributed by atoms with Gasteiger partial charge in [0, 0.05) is 13.1 Å². The Kier molecular flexibility index (Phi) is 4.73.